The van der Waals surface area contributed by atoms with Crippen LogP contribution in [-0.4, -0.2) is 28.7 Å². The number of para-hydroxylation sites is 1. The van der Waals surface area contributed by atoms with E-state index in [1.807, 2.05) is 30.3 Å². The van der Waals surface area contributed by atoms with Crippen molar-refractivity contribution >= 4 is 27.7 Å². The number of ether oxygens (including phenoxy) is 1. The minimum absolute atomic E-state index is 0.0833. The molecule has 28 heavy (non-hydrogen) atoms. The number of benzene rings is 1. The van der Waals surface area contributed by atoms with Crippen molar-refractivity contribution in [3.05, 3.63) is 54.0 Å². The highest BCUT2D eigenvalue weighted by Gasteiger charge is 2.39. The van der Waals surface area contributed by atoms with Gasteiger partial charge in [0.2, 0.25) is 0 Å². The SMILES string of the molecule is CC(C)C1NNC(C(=O)NNC(=O)c2ccc(COc3ccccc3)o2)C1Br. The van der Waals surface area contributed by atoms with E-state index in [0.29, 0.717) is 17.4 Å². The van der Waals surface area contributed by atoms with E-state index in [9.17, 15) is 9.59 Å². The number of halogens is 1. The molecule has 0 aliphatic carbocycles. The number of carbonyl (C=O) groups is 2. The van der Waals surface area contributed by atoms with Gasteiger partial charge in [-0.1, -0.05) is 48.0 Å². The molecule has 2 heterocycles. The maximum absolute atomic E-state index is 12.3. The molecule has 4 N–H and O–H groups in total. The van der Waals surface area contributed by atoms with Gasteiger partial charge in [0.05, 0.1) is 4.83 Å². The zero-order valence-electron chi connectivity index (χ0n) is 15.6. The lowest BCUT2D eigenvalue weighted by Crippen LogP contribution is -2.52. The third-order valence-corrected chi connectivity index (χ3v) is 5.47. The van der Waals surface area contributed by atoms with Crippen LogP contribution in [0, 0.1) is 5.92 Å². The number of hydrogen-bond donors (Lipinski definition) is 4. The molecule has 1 aromatic heterocycles. The van der Waals surface area contributed by atoms with E-state index in [0.717, 1.165) is 0 Å². The van der Waals surface area contributed by atoms with Crippen LogP contribution in [0.4, 0.5) is 0 Å². The number of nitrogens with one attached hydrogen (secondary N) is 4. The van der Waals surface area contributed by atoms with Crippen molar-refractivity contribution in [3.8, 4) is 5.75 Å². The highest BCUT2D eigenvalue weighted by Crippen LogP contribution is 2.21. The van der Waals surface area contributed by atoms with Gasteiger partial charge in [0.1, 0.15) is 24.2 Å². The van der Waals surface area contributed by atoms with Crippen LogP contribution in [0.5, 0.6) is 5.75 Å². The summed E-state index contributed by atoms with van der Waals surface area (Å²) in [6.45, 7) is 4.32. The van der Waals surface area contributed by atoms with Crippen LogP contribution in [0.2, 0.25) is 0 Å². The molecule has 1 aliphatic rings. The Balaban J connectivity index is 1.47. The Hall–Kier alpha value is -2.36. The molecular formula is C19H23BrN4O4. The van der Waals surface area contributed by atoms with Crippen LogP contribution >= 0.6 is 15.9 Å². The van der Waals surface area contributed by atoms with E-state index in [-0.39, 0.29) is 29.1 Å². The number of rotatable bonds is 6. The van der Waals surface area contributed by atoms with E-state index in [2.05, 4.69) is 51.5 Å². The van der Waals surface area contributed by atoms with Crippen LogP contribution < -0.4 is 26.4 Å². The van der Waals surface area contributed by atoms with Gasteiger partial charge < -0.3 is 9.15 Å². The van der Waals surface area contributed by atoms with Crippen molar-refractivity contribution in [2.75, 3.05) is 0 Å². The minimum atomic E-state index is -0.545. The van der Waals surface area contributed by atoms with Crippen molar-refractivity contribution < 1.29 is 18.7 Å². The first-order valence-electron chi connectivity index (χ1n) is 8.97. The summed E-state index contributed by atoms with van der Waals surface area (Å²) in [4.78, 5) is 24.4. The number of hydrazine groups is 2. The fraction of sp³-hybridized carbons (Fsp3) is 0.368. The molecule has 150 valence electrons. The number of amides is 2. The predicted molar refractivity (Wildman–Crippen MR) is 106 cm³/mol. The number of hydrogen-bond acceptors (Lipinski definition) is 6. The Labute approximate surface area is 171 Å². The first-order chi connectivity index (χ1) is 13.5. The average molecular weight is 451 g/mol. The average Bonchev–Trinajstić information content (AvgIpc) is 3.32. The van der Waals surface area contributed by atoms with Crippen molar-refractivity contribution in [3.63, 3.8) is 0 Å². The lowest BCUT2D eigenvalue weighted by Gasteiger charge is -2.19. The van der Waals surface area contributed by atoms with Gasteiger partial charge in [-0.2, -0.15) is 0 Å². The lowest BCUT2D eigenvalue weighted by atomic mass is 9.99. The fourth-order valence-corrected chi connectivity index (χ4v) is 3.92. The highest BCUT2D eigenvalue weighted by atomic mass is 79.9. The molecule has 0 saturated carbocycles. The topological polar surface area (TPSA) is 105 Å². The van der Waals surface area contributed by atoms with Gasteiger partial charge in [0.25, 0.3) is 5.91 Å². The van der Waals surface area contributed by atoms with Gasteiger partial charge in [-0.3, -0.25) is 25.9 Å². The molecule has 9 heteroatoms. The summed E-state index contributed by atoms with van der Waals surface area (Å²) in [6.07, 6.45) is 0. The minimum Gasteiger partial charge on any atom is -0.486 e. The van der Waals surface area contributed by atoms with E-state index in [1.54, 1.807) is 6.07 Å². The van der Waals surface area contributed by atoms with Crippen molar-refractivity contribution in [1.82, 2.24) is 21.7 Å². The Morgan fingerprint density at radius 2 is 1.89 bits per heavy atom. The number of carbonyl (C=O) groups excluding carboxylic acids is 2. The first kappa shape index (κ1) is 20.4. The molecular weight excluding hydrogens is 428 g/mol. The Kier molecular flexibility index (Phi) is 6.71. The fourth-order valence-electron chi connectivity index (χ4n) is 2.80. The van der Waals surface area contributed by atoms with Gasteiger partial charge in [-0.15, -0.1) is 0 Å². The monoisotopic (exact) mass is 450 g/mol. The van der Waals surface area contributed by atoms with Crippen molar-refractivity contribution in [2.24, 2.45) is 5.92 Å². The smallest absolute Gasteiger partial charge is 0.305 e. The maximum Gasteiger partial charge on any atom is 0.305 e. The van der Waals surface area contributed by atoms with Crippen LogP contribution in [0.1, 0.15) is 30.2 Å². The molecule has 8 nitrogen and oxygen atoms in total. The normalized spacial score (nSPS) is 21.5. The summed E-state index contributed by atoms with van der Waals surface area (Å²) >= 11 is 3.53. The Bertz CT molecular complexity index is 811. The second kappa shape index (κ2) is 9.22. The van der Waals surface area contributed by atoms with Gasteiger partial charge in [-0.25, -0.2) is 5.43 Å². The summed E-state index contributed by atoms with van der Waals surface area (Å²) in [5, 5.41) is 0. The Morgan fingerprint density at radius 3 is 2.57 bits per heavy atom. The molecule has 3 atom stereocenters. The molecule has 1 fully saturated rings. The third kappa shape index (κ3) is 4.92. The van der Waals surface area contributed by atoms with E-state index >= 15 is 0 Å². The third-order valence-electron chi connectivity index (χ3n) is 4.38. The molecule has 2 amide bonds. The molecule has 0 bridgehead atoms. The molecule has 3 rings (SSSR count). The van der Waals surface area contributed by atoms with Gasteiger partial charge in [0, 0.05) is 6.04 Å². The zero-order valence-corrected chi connectivity index (χ0v) is 17.2. The molecule has 1 aliphatic heterocycles. The summed E-state index contributed by atoms with van der Waals surface area (Å²) < 4.78 is 11.0. The van der Waals surface area contributed by atoms with E-state index in [1.165, 1.54) is 6.07 Å². The highest BCUT2D eigenvalue weighted by molar-refractivity contribution is 9.09. The van der Waals surface area contributed by atoms with Gasteiger partial charge in [-0.05, 0) is 30.2 Å². The van der Waals surface area contributed by atoms with Crippen molar-refractivity contribution in [1.29, 1.82) is 0 Å². The molecule has 3 unspecified atom stereocenters. The van der Waals surface area contributed by atoms with Crippen LogP contribution in [0.15, 0.2) is 46.9 Å². The molecule has 0 spiro atoms. The second-order valence-electron chi connectivity index (χ2n) is 6.79. The number of alkyl halides is 1. The largest absolute Gasteiger partial charge is 0.486 e. The summed E-state index contributed by atoms with van der Waals surface area (Å²) in [5.41, 5.74) is 10.8. The summed E-state index contributed by atoms with van der Waals surface area (Å²) in [6, 6.07) is 12.1. The summed E-state index contributed by atoms with van der Waals surface area (Å²) in [7, 11) is 0. The van der Waals surface area contributed by atoms with Crippen LogP contribution in [0.3, 0.4) is 0 Å². The van der Waals surface area contributed by atoms with Gasteiger partial charge >= 0.3 is 5.91 Å². The summed E-state index contributed by atoms with van der Waals surface area (Å²) in [5.74, 6) is 0.729. The molecule has 0 radical (unpaired) electrons. The maximum atomic E-state index is 12.3. The predicted octanol–water partition coefficient (Wildman–Crippen LogP) is 1.88. The van der Waals surface area contributed by atoms with Crippen LogP contribution in [-0.2, 0) is 11.4 Å². The molecule has 2 aromatic rings. The second-order valence-corrected chi connectivity index (χ2v) is 7.85. The lowest BCUT2D eigenvalue weighted by molar-refractivity contribution is -0.123. The van der Waals surface area contributed by atoms with Gasteiger partial charge in [0.15, 0.2) is 5.76 Å². The molecule has 1 saturated heterocycles. The number of furan rings is 1. The standard InChI is InChI=1S/C19H23BrN4O4/c1-11(2)16-15(20)17(22-21-16)19(26)24-23-18(25)14-9-8-13(28-14)10-27-12-6-4-3-5-7-12/h3-9,11,15-17,21-22H,10H2,1-2H3,(H,23,25)(H,24,26). The molecule has 1 aromatic carbocycles. The Morgan fingerprint density at radius 1 is 1.14 bits per heavy atom. The van der Waals surface area contributed by atoms with E-state index in [4.69, 9.17) is 9.15 Å². The zero-order chi connectivity index (χ0) is 20.1. The van der Waals surface area contributed by atoms with Crippen LogP contribution in [0.25, 0.3) is 0 Å². The first-order valence-corrected chi connectivity index (χ1v) is 9.89. The quantitative estimate of drug-likeness (QED) is 0.395. The van der Waals surface area contributed by atoms with Crippen molar-refractivity contribution in [2.45, 2.75) is 37.4 Å². The van der Waals surface area contributed by atoms with E-state index < -0.39 is 11.9 Å².